The highest BCUT2D eigenvalue weighted by Crippen LogP contribution is 2.17. The van der Waals surface area contributed by atoms with Gasteiger partial charge in [-0.15, -0.1) is 0 Å². The van der Waals surface area contributed by atoms with E-state index in [1.807, 2.05) is 6.92 Å². The first-order valence-electron chi connectivity index (χ1n) is 6.26. The molecular weight excluding hydrogens is 280 g/mol. The van der Waals surface area contributed by atoms with Crippen molar-refractivity contribution in [1.29, 1.82) is 0 Å². The van der Waals surface area contributed by atoms with Crippen molar-refractivity contribution in [3.8, 4) is 0 Å². The largest absolute Gasteiger partial charge is 0.465 e. The highest BCUT2D eigenvalue weighted by molar-refractivity contribution is 7.89. The molecule has 3 N–H and O–H groups in total. The van der Waals surface area contributed by atoms with Crippen LogP contribution >= 0.6 is 0 Å². The minimum Gasteiger partial charge on any atom is -0.465 e. The first-order valence-corrected chi connectivity index (χ1v) is 7.74. The molecule has 1 rings (SSSR count). The molecular formula is C13H20N2O4S. The molecule has 1 atom stereocenters. The van der Waals surface area contributed by atoms with Crippen LogP contribution in [-0.2, 0) is 14.8 Å². The number of esters is 1. The van der Waals surface area contributed by atoms with Crippen LogP contribution in [0, 0.1) is 6.92 Å². The van der Waals surface area contributed by atoms with Gasteiger partial charge >= 0.3 is 5.97 Å². The summed E-state index contributed by atoms with van der Waals surface area (Å²) in [5.74, 6) is -0.577. The van der Waals surface area contributed by atoms with E-state index in [1.54, 1.807) is 13.0 Å². The van der Waals surface area contributed by atoms with E-state index in [1.165, 1.54) is 19.2 Å². The summed E-state index contributed by atoms with van der Waals surface area (Å²) in [6.07, 6.45) is 0.670. The van der Waals surface area contributed by atoms with Gasteiger partial charge in [0.15, 0.2) is 0 Å². The van der Waals surface area contributed by atoms with Crippen LogP contribution in [0.3, 0.4) is 0 Å². The lowest BCUT2D eigenvalue weighted by atomic mass is 10.1. The van der Waals surface area contributed by atoms with Crippen LogP contribution in [0.5, 0.6) is 0 Å². The highest BCUT2D eigenvalue weighted by Gasteiger charge is 2.19. The Hall–Kier alpha value is -1.44. The fraction of sp³-hybridized carbons (Fsp3) is 0.462. The first kappa shape index (κ1) is 16.6. The summed E-state index contributed by atoms with van der Waals surface area (Å²) in [5, 5.41) is 0. The summed E-state index contributed by atoms with van der Waals surface area (Å²) in [4.78, 5) is 11.5. The van der Waals surface area contributed by atoms with E-state index in [-0.39, 0.29) is 23.0 Å². The minimum atomic E-state index is -3.70. The van der Waals surface area contributed by atoms with Crippen molar-refractivity contribution in [2.45, 2.75) is 31.2 Å². The zero-order valence-corrected chi connectivity index (χ0v) is 12.7. The van der Waals surface area contributed by atoms with Gasteiger partial charge < -0.3 is 10.5 Å². The van der Waals surface area contributed by atoms with Crippen LogP contribution in [-0.4, -0.2) is 34.1 Å². The molecule has 0 aliphatic rings. The Kier molecular flexibility index (Phi) is 5.67. The average Bonchev–Trinajstić information content (AvgIpc) is 2.44. The van der Waals surface area contributed by atoms with Crippen molar-refractivity contribution in [1.82, 2.24) is 4.72 Å². The third-order valence-corrected chi connectivity index (χ3v) is 4.52. The van der Waals surface area contributed by atoms with Crippen LogP contribution in [0.4, 0.5) is 0 Å². The third kappa shape index (κ3) is 4.03. The number of aryl methyl sites for hydroxylation is 1. The molecule has 1 unspecified atom stereocenters. The maximum absolute atomic E-state index is 12.2. The summed E-state index contributed by atoms with van der Waals surface area (Å²) in [7, 11) is -2.45. The predicted molar refractivity (Wildman–Crippen MR) is 76.0 cm³/mol. The van der Waals surface area contributed by atoms with E-state index in [0.717, 1.165) is 0 Å². The van der Waals surface area contributed by atoms with Gasteiger partial charge in [-0.25, -0.2) is 17.9 Å². The van der Waals surface area contributed by atoms with E-state index >= 15 is 0 Å². The summed E-state index contributed by atoms with van der Waals surface area (Å²) >= 11 is 0. The van der Waals surface area contributed by atoms with Crippen molar-refractivity contribution in [3.63, 3.8) is 0 Å². The van der Waals surface area contributed by atoms with Crippen molar-refractivity contribution in [2.24, 2.45) is 5.73 Å². The van der Waals surface area contributed by atoms with E-state index < -0.39 is 16.0 Å². The smallest absolute Gasteiger partial charge is 0.337 e. The first-order chi connectivity index (χ1) is 9.31. The van der Waals surface area contributed by atoms with Gasteiger partial charge in [-0.05, 0) is 31.0 Å². The molecule has 0 heterocycles. The molecule has 112 valence electrons. The molecule has 7 heteroatoms. The molecule has 0 bridgehead atoms. The normalized spacial score (nSPS) is 13.0. The Balaban J connectivity index is 3.07. The van der Waals surface area contributed by atoms with Crippen LogP contribution in [0.1, 0.15) is 29.3 Å². The number of carbonyl (C=O) groups excluding carboxylic acids is 1. The second-order valence-corrected chi connectivity index (χ2v) is 6.23. The molecule has 6 nitrogen and oxygen atoms in total. The average molecular weight is 300 g/mol. The monoisotopic (exact) mass is 300 g/mol. The number of sulfonamides is 1. The van der Waals surface area contributed by atoms with Crippen molar-refractivity contribution in [3.05, 3.63) is 29.3 Å². The molecule has 0 spiro atoms. The third-order valence-electron chi connectivity index (χ3n) is 2.96. The Morgan fingerprint density at radius 2 is 2.10 bits per heavy atom. The molecule has 0 saturated carbocycles. The van der Waals surface area contributed by atoms with Crippen molar-refractivity contribution in [2.75, 3.05) is 13.7 Å². The van der Waals surface area contributed by atoms with Crippen LogP contribution in [0.25, 0.3) is 0 Å². The lowest BCUT2D eigenvalue weighted by molar-refractivity contribution is 0.0600. The summed E-state index contributed by atoms with van der Waals surface area (Å²) in [6.45, 7) is 3.69. The Morgan fingerprint density at radius 3 is 2.65 bits per heavy atom. The van der Waals surface area contributed by atoms with Crippen molar-refractivity contribution >= 4 is 16.0 Å². The predicted octanol–water partition coefficient (Wildman–Crippen LogP) is 0.797. The van der Waals surface area contributed by atoms with Crippen LogP contribution < -0.4 is 10.5 Å². The van der Waals surface area contributed by atoms with Crippen LogP contribution in [0.15, 0.2) is 23.1 Å². The molecule has 1 aromatic rings. The summed E-state index contributed by atoms with van der Waals surface area (Å²) < 4.78 is 31.5. The van der Waals surface area contributed by atoms with Gasteiger partial charge in [-0.2, -0.15) is 0 Å². The molecule has 0 aromatic heterocycles. The number of rotatable bonds is 6. The highest BCUT2D eigenvalue weighted by atomic mass is 32.2. The number of nitrogens with one attached hydrogen (secondary N) is 1. The van der Waals surface area contributed by atoms with E-state index in [4.69, 9.17) is 5.73 Å². The number of nitrogens with two attached hydrogens (primary N) is 1. The summed E-state index contributed by atoms with van der Waals surface area (Å²) in [6, 6.07) is 4.16. The number of hydrogen-bond acceptors (Lipinski definition) is 5. The van der Waals surface area contributed by atoms with E-state index in [0.29, 0.717) is 12.0 Å². The number of hydrogen-bond donors (Lipinski definition) is 2. The van der Waals surface area contributed by atoms with Gasteiger partial charge in [0.2, 0.25) is 10.0 Å². The molecule has 0 amide bonds. The number of ether oxygens (including phenoxy) is 1. The maximum atomic E-state index is 12.2. The Bertz CT molecular complexity index is 584. The Labute approximate surface area is 119 Å². The standard InChI is InChI=1S/C13H20N2O4S/c1-4-11(14)8-15-20(17,18)12-7-10(13(16)19-3)6-5-9(12)2/h5-7,11,15H,4,8,14H2,1-3H3. The van der Waals surface area contributed by atoms with Crippen LogP contribution in [0.2, 0.25) is 0 Å². The Morgan fingerprint density at radius 1 is 1.45 bits per heavy atom. The zero-order valence-electron chi connectivity index (χ0n) is 11.8. The molecule has 20 heavy (non-hydrogen) atoms. The summed E-state index contributed by atoms with van der Waals surface area (Å²) in [5.41, 5.74) is 6.44. The van der Waals surface area contributed by atoms with Crippen molar-refractivity contribution < 1.29 is 17.9 Å². The molecule has 0 aliphatic carbocycles. The van der Waals surface area contributed by atoms with Gasteiger partial charge in [0.25, 0.3) is 0 Å². The van der Waals surface area contributed by atoms with E-state index in [2.05, 4.69) is 9.46 Å². The molecule has 0 radical (unpaired) electrons. The lowest BCUT2D eigenvalue weighted by Crippen LogP contribution is -2.37. The van der Waals surface area contributed by atoms with Gasteiger partial charge in [0.1, 0.15) is 0 Å². The second kappa shape index (κ2) is 6.83. The van der Waals surface area contributed by atoms with Gasteiger partial charge in [0.05, 0.1) is 17.6 Å². The minimum absolute atomic E-state index is 0.0590. The van der Waals surface area contributed by atoms with Gasteiger partial charge in [-0.1, -0.05) is 13.0 Å². The fourth-order valence-electron chi connectivity index (χ4n) is 1.57. The SMILES string of the molecule is CCC(N)CNS(=O)(=O)c1cc(C(=O)OC)ccc1C. The fourth-order valence-corrected chi connectivity index (χ4v) is 2.94. The van der Waals surface area contributed by atoms with Gasteiger partial charge in [-0.3, -0.25) is 0 Å². The number of carbonyl (C=O) groups is 1. The molecule has 0 saturated heterocycles. The lowest BCUT2D eigenvalue weighted by Gasteiger charge is -2.13. The second-order valence-electron chi connectivity index (χ2n) is 4.49. The number of methoxy groups -OCH3 is 1. The molecule has 0 aliphatic heterocycles. The van der Waals surface area contributed by atoms with E-state index in [9.17, 15) is 13.2 Å². The topological polar surface area (TPSA) is 98.5 Å². The maximum Gasteiger partial charge on any atom is 0.337 e. The molecule has 0 fully saturated rings. The molecule has 1 aromatic carbocycles. The van der Waals surface area contributed by atoms with Gasteiger partial charge in [0, 0.05) is 12.6 Å². The number of benzene rings is 1. The zero-order chi connectivity index (χ0) is 15.3. The quantitative estimate of drug-likeness (QED) is 0.757.